The zero-order valence-electron chi connectivity index (χ0n) is 9.36. The Bertz CT molecular complexity index is 345. The first-order valence-electron chi connectivity index (χ1n) is 5.57. The molecule has 0 radical (unpaired) electrons. The second-order valence-electron chi connectivity index (χ2n) is 4.36. The van der Waals surface area contributed by atoms with E-state index in [0.717, 1.165) is 17.1 Å². The van der Waals surface area contributed by atoms with Crippen LogP contribution in [0.5, 0.6) is 5.75 Å². The number of rotatable bonds is 4. The van der Waals surface area contributed by atoms with Crippen LogP contribution in [0.25, 0.3) is 0 Å². The Labute approximate surface area is 90.7 Å². The Morgan fingerprint density at radius 2 is 2.20 bits per heavy atom. The number of nitrogens with two attached hydrogens (primary N) is 1. The van der Waals surface area contributed by atoms with Gasteiger partial charge in [-0.05, 0) is 30.9 Å². The Hall–Kier alpha value is -1.09. The summed E-state index contributed by atoms with van der Waals surface area (Å²) in [5.41, 5.74) is 7.54. The van der Waals surface area contributed by atoms with Crippen molar-refractivity contribution in [2.24, 2.45) is 5.73 Å². The molecule has 2 rings (SSSR count). The van der Waals surface area contributed by atoms with E-state index in [4.69, 9.17) is 10.5 Å². The van der Waals surface area contributed by atoms with Crippen LogP contribution in [0.2, 0.25) is 0 Å². The average molecular weight is 206 g/mol. The zero-order valence-corrected chi connectivity index (χ0v) is 9.36. The predicted molar refractivity (Wildman–Crippen MR) is 59.9 cm³/mol. The first-order chi connectivity index (χ1) is 7.20. The van der Waals surface area contributed by atoms with Gasteiger partial charge in [-0.2, -0.15) is 0 Å². The van der Waals surface area contributed by atoms with Gasteiger partial charge in [-0.15, -0.1) is 0 Å². The molecule has 3 heteroatoms. The quantitative estimate of drug-likeness (QED) is 0.821. The largest absolute Gasteiger partial charge is 0.489 e. The molecule has 0 saturated heterocycles. The summed E-state index contributed by atoms with van der Waals surface area (Å²) in [6.07, 6.45) is 2.78. The lowest BCUT2D eigenvalue weighted by Crippen LogP contribution is -2.07. The minimum absolute atomic E-state index is 0.380. The number of pyridine rings is 1. The normalized spacial score (nSPS) is 15.7. The molecule has 1 fully saturated rings. The fourth-order valence-electron chi connectivity index (χ4n) is 1.50. The highest BCUT2D eigenvalue weighted by molar-refractivity contribution is 5.32. The SMILES string of the molecule is CC(C)c1nc(CN)ccc1OC1CC1. The fraction of sp³-hybridized carbons (Fsp3) is 0.583. The van der Waals surface area contributed by atoms with E-state index in [1.165, 1.54) is 12.8 Å². The van der Waals surface area contributed by atoms with E-state index in [2.05, 4.69) is 18.8 Å². The standard InChI is InChI=1S/C12H18N2O/c1-8(2)12-11(15-10-4-5-10)6-3-9(7-13)14-12/h3,6,8,10H,4-5,7,13H2,1-2H3. The van der Waals surface area contributed by atoms with E-state index >= 15 is 0 Å². The molecule has 1 aliphatic rings. The molecule has 1 aromatic rings. The number of hydrogen-bond acceptors (Lipinski definition) is 3. The summed E-state index contributed by atoms with van der Waals surface area (Å²) in [7, 11) is 0. The molecule has 0 unspecified atom stereocenters. The van der Waals surface area contributed by atoms with Crippen LogP contribution in [0.15, 0.2) is 12.1 Å². The zero-order chi connectivity index (χ0) is 10.8. The molecule has 3 nitrogen and oxygen atoms in total. The summed E-state index contributed by atoms with van der Waals surface area (Å²) >= 11 is 0. The summed E-state index contributed by atoms with van der Waals surface area (Å²) in [6.45, 7) is 4.74. The number of hydrogen-bond donors (Lipinski definition) is 1. The lowest BCUT2D eigenvalue weighted by atomic mass is 10.1. The number of ether oxygens (including phenoxy) is 1. The smallest absolute Gasteiger partial charge is 0.141 e. The molecule has 1 saturated carbocycles. The monoisotopic (exact) mass is 206 g/mol. The van der Waals surface area contributed by atoms with E-state index in [1.807, 2.05) is 12.1 Å². The summed E-state index contributed by atoms with van der Waals surface area (Å²) < 4.78 is 5.81. The molecule has 1 aliphatic carbocycles. The molecule has 0 spiro atoms. The average Bonchev–Trinajstić information content (AvgIpc) is 3.02. The molecule has 82 valence electrons. The molecule has 1 aromatic heterocycles. The van der Waals surface area contributed by atoms with Gasteiger partial charge in [-0.3, -0.25) is 4.98 Å². The minimum atomic E-state index is 0.380. The Morgan fingerprint density at radius 1 is 1.47 bits per heavy atom. The molecule has 0 aliphatic heterocycles. The van der Waals surface area contributed by atoms with E-state index in [9.17, 15) is 0 Å². The van der Waals surface area contributed by atoms with Gasteiger partial charge in [0.15, 0.2) is 0 Å². The van der Waals surface area contributed by atoms with Gasteiger partial charge in [0.1, 0.15) is 5.75 Å². The third kappa shape index (κ3) is 2.48. The van der Waals surface area contributed by atoms with E-state index in [-0.39, 0.29) is 0 Å². The molecule has 1 heterocycles. The van der Waals surface area contributed by atoms with Gasteiger partial charge in [-0.1, -0.05) is 13.8 Å². The molecule has 15 heavy (non-hydrogen) atoms. The van der Waals surface area contributed by atoms with Gasteiger partial charge < -0.3 is 10.5 Å². The molecule has 0 atom stereocenters. The number of nitrogens with zero attached hydrogens (tertiary/aromatic N) is 1. The molecule has 0 bridgehead atoms. The van der Waals surface area contributed by atoms with Gasteiger partial charge in [0, 0.05) is 6.54 Å². The van der Waals surface area contributed by atoms with Crippen LogP contribution < -0.4 is 10.5 Å². The van der Waals surface area contributed by atoms with Crippen LogP contribution >= 0.6 is 0 Å². The summed E-state index contributed by atoms with van der Waals surface area (Å²) in [4.78, 5) is 4.52. The maximum atomic E-state index is 5.81. The lowest BCUT2D eigenvalue weighted by Gasteiger charge is -2.13. The molecule has 0 amide bonds. The maximum Gasteiger partial charge on any atom is 0.141 e. The summed E-state index contributed by atoms with van der Waals surface area (Å²) in [6, 6.07) is 3.95. The van der Waals surface area contributed by atoms with Crippen LogP contribution in [0, 0.1) is 0 Å². The van der Waals surface area contributed by atoms with Crippen molar-refractivity contribution in [1.29, 1.82) is 0 Å². The topological polar surface area (TPSA) is 48.1 Å². The number of aromatic nitrogens is 1. The van der Waals surface area contributed by atoms with Crippen molar-refractivity contribution < 1.29 is 4.74 Å². The summed E-state index contributed by atoms with van der Waals surface area (Å²) in [5, 5.41) is 0. The summed E-state index contributed by atoms with van der Waals surface area (Å²) in [5.74, 6) is 1.31. The van der Waals surface area contributed by atoms with Crippen LogP contribution in [-0.2, 0) is 6.54 Å². The van der Waals surface area contributed by atoms with Crippen LogP contribution in [-0.4, -0.2) is 11.1 Å². The highest BCUT2D eigenvalue weighted by atomic mass is 16.5. The lowest BCUT2D eigenvalue weighted by molar-refractivity contribution is 0.296. The predicted octanol–water partition coefficient (Wildman–Crippen LogP) is 2.20. The highest BCUT2D eigenvalue weighted by Gasteiger charge is 2.25. The Morgan fingerprint density at radius 3 is 2.73 bits per heavy atom. The van der Waals surface area contributed by atoms with Crippen molar-refractivity contribution in [1.82, 2.24) is 4.98 Å². The van der Waals surface area contributed by atoms with E-state index in [1.54, 1.807) is 0 Å². The molecular weight excluding hydrogens is 188 g/mol. The Kier molecular flexibility index (Phi) is 2.91. The van der Waals surface area contributed by atoms with Crippen LogP contribution in [0.3, 0.4) is 0 Å². The minimum Gasteiger partial charge on any atom is -0.489 e. The van der Waals surface area contributed by atoms with Gasteiger partial charge in [0.25, 0.3) is 0 Å². The van der Waals surface area contributed by atoms with E-state index < -0.39 is 0 Å². The van der Waals surface area contributed by atoms with Crippen molar-refractivity contribution in [2.75, 3.05) is 0 Å². The fourth-order valence-corrected chi connectivity index (χ4v) is 1.50. The third-order valence-corrected chi connectivity index (χ3v) is 2.52. The van der Waals surface area contributed by atoms with E-state index in [0.29, 0.717) is 18.6 Å². The molecular formula is C12H18N2O. The van der Waals surface area contributed by atoms with Crippen molar-refractivity contribution in [3.8, 4) is 5.75 Å². The van der Waals surface area contributed by atoms with Crippen molar-refractivity contribution >= 4 is 0 Å². The first-order valence-corrected chi connectivity index (χ1v) is 5.57. The van der Waals surface area contributed by atoms with Gasteiger partial charge >= 0.3 is 0 Å². The van der Waals surface area contributed by atoms with Crippen molar-refractivity contribution in [2.45, 2.75) is 45.3 Å². The second-order valence-corrected chi connectivity index (χ2v) is 4.36. The van der Waals surface area contributed by atoms with Crippen molar-refractivity contribution in [3.63, 3.8) is 0 Å². The van der Waals surface area contributed by atoms with Gasteiger partial charge in [-0.25, -0.2) is 0 Å². The molecule has 2 N–H and O–H groups in total. The van der Waals surface area contributed by atoms with Gasteiger partial charge in [0.2, 0.25) is 0 Å². The molecule has 0 aromatic carbocycles. The van der Waals surface area contributed by atoms with Crippen LogP contribution in [0.1, 0.15) is 44.0 Å². The van der Waals surface area contributed by atoms with Crippen LogP contribution in [0.4, 0.5) is 0 Å². The third-order valence-electron chi connectivity index (χ3n) is 2.52. The first kappa shape index (κ1) is 10.4. The highest BCUT2D eigenvalue weighted by Crippen LogP contribution is 2.31. The second kappa shape index (κ2) is 4.19. The maximum absolute atomic E-state index is 5.81. The Balaban J connectivity index is 2.25. The van der Waals surface area contributed by atoms with Gasteiger partial charge in [0.05, 0.1) is 17.5 Å². The van der Waals surface area contributed by atoms with Crippen molar-refractivity contribution in [3.05, 3.63) is 23.5 Å².